The number of nitrogens with zero attached hydrogens (tertiary/aromatic N) is 1. The lowest BCUT2D eigenvalue weighted by Gasteiger charge is -2.25. The molecule has 96 valence electrons. The molecule has 1 N–H and O–H groups in total. The summed E-state index contributed by atoms with van der Waals surface area (Å²) in [4.78, 5) is 0. The van der Waals surface area contributed by atoms with Crippen LogP contribution in [0.4, 0.5) is 4.39 Å². The quantitative estimate of drug-likeness (QED) is 0.895. The van der Waals surface area contributed by atoms with Crippen molar-refractivity contribution >= 4 is 0 Å². The normalized spacial score (nSPS) is 13.6. The molecule has 1 unspecified atom stereocenters. The third-order valence-electron chi connectivity index (χ3n) is 3.18. The summed E-state index contributed by atoms with van der Waals surface area (Å²) in [5, 5.41) is 19.4. The molecule has 0 spiro atoms. The maximum Gasteiger partial charge on any atom is 0.123 e. The Hall–Kier alpha value is -2.18. The molecule has 0 fully saturated rings. The van der Waals surface area contributed by atoms with E-state index in [-0.39, 0.29) is 5.82 Å². The van der Waals surface area contributed by atoms with Crippen LogP contribution in [0.3, 0.4) is 0 Å². The maximum absolute atomic E-state index is 13.4. The van der Waals surface area contributed by atoms with Crippen molar-refractivity contribution in [1.29, 1.82) is 5.26 Å². The summed E-state index contributed by atoms with van der Waals surface area (Å²) in [7, 11) is 0. The van der Waals surface area contributed by atoms with E-state index >= 15 is 0 Å². The molecular weight excluding hydrogens is 241 g/mol. The minimum Gasteiger partial charge on any atom is -0.381 e. The molecule has 0 aliphatic carbocycles. The molecule has 0 heterocycles. The number of aliphatic hydroxyl groups is 1. The van der Waals surface area contributed by atoms with E-state index in [0.29, 0.717) is 16.7 Å². The van der Waals surface area contributed by atoms with Gasteiger partial charge in [0.25, 0.3) is 0 Å². The predicted octanol–water partition coefficient (Wildman–Crippen LogP) is 3.26. The molecule has 0 aliphatic heterocycles. The molecule has 0 aromatic heterocycles. The van der Waals surface area contributed by atoms with Gasteiger partial charge < -0.3 is 5.11 Å². The molecule has 3 heteroatoms. The van der Waals surface area contributed by atoms with Crippen LogP contribution in [-0.2, 0) is 5.60 Å². The molecule has 0 bridgehead atoms. The van der Waals surface area contributed by atoms with Crippen LogP contribution in [0.2, 0.25) is 0 Å². The van der Waals surface area contributed by atoms with Crippen molar-refractivity contribution in [3.8, 4) is 6.07 Å². The molecule has 2 nitrogen and oxygen atoms in total. The number of aryl methyl sites for hydroxylation is 1. The van der Waals surface area contributed by atoms with Crippen LogP contribution < -0.4 is 0 Å². The Morgan fingerprint density at radius 1 is 1.11 bits per heavy atom. The highest BCUT2D eigenvalue weighted by atomic mass is 19.1. The van der Waals surface area contributed by atoms with E-state index in [0.717, 1.165) is 5.56 Å². The number of hydrogen-bond donors (Lipinski definition) is 1. The Labute approximate surface area is 111 Å². The molecule has 0 saturated heterocycles. The molecular formula is C16H14FNO. The van der Waals surface area contributed by atoms with Gasteiger partial charge in [0.1, 0.15) is 11.4 Å². The van der Waals surface area contributed by atoms with Gasteiger partial charge in [0, 0.05) is 0 Å². The van der Waals surface area contributed by atoms with Crippen molar-refractivity contribution in [2.75, 3.05) is 0 Å². The Kier molecular flexibility index (Phi) is 3.37. The topological polar surface area (TPSA) is 44.0 Å². The largest absolute Gasteiger partial charge is 0.381 e. The highest BCUT2D eigenvalue weighted by Gasteiger charge is 2.26. The van der Waals surface area contributed by atoms with E-state index in [1.54, 1.807) is 44.2 Å². The zero-order valence-electron chi connectivity index (χ0n) is 10.8. The van der Waals surface area contributed by atoms with Crippen molar-refractivity contribution in [3.63, 3.8) is 0 Å². The van der Waals surface area contributed by atoms with Crippen LogP contribution in [0, 0.1) is 24.1 Å². The Morgan fingerprint density at radius 2 is 1.74 bits per heavy atom. The summed E-state index contributed by atoms with van der Waals surface area (Å²) in [5.41, 5.74) is 1.10. The number of benzene rings is 2. The van der Waals surface area contributed by atoms with Crippen molar-refractivity contribution < 1.29 is 9.50 Å². The fraction of sp³-hybridized carbons (Fsp3) is 0.188. The van der Waals surface area contributed by atoms with Gasteiger partial charge in [-0.25, -0.2) is 4.39 Å². The summed E-state index contributed by atoms with van der Waals surface area (Å²) in [6.07, 6.45) is 0. The fourth-order valence-corrected chi connectivity index (χ4v) is 2.05. The van der Waals surface area contributed by atoms with Gasteiger partial charge in [-0.15, -0.1) is 0 Å². The average Bonchev–Trinajstić information content (AvgIpc) is 2.37. The molecule has 2 aromatic rings. The predicted molar refractivity (Wildman–Crippen MR) is 71.0 cm³/mol. The van der Waals surface area contributed by atoms with Crippen LogP contribution in [0.15, 0.2) is 42.5 Å². The first-order chi connectivity index (χ1) is 8.93. The van der Waals surface area contributed by atoms with E-state index in [1.807, 2.05) is 6.07 Å². The molecule has 0 saturated carbocycles. The lowest BCUT2D eigenvalue weighted by Crippen LogP contribution is -2.23. The number of nitriles is 1. The first-order valence-corrected chi connectivity index (χ1v) is 5.94. The Balaban J connectivity index is 2.48. The van der Waals surface area contributed by atoms with Crippen LogP contribution in [0.1, 0.15) is 29.2 Å². The average molecular weight is 255 g/mol. The first-order valence-electron chi connectivity index (χ1n) is 5.94. The smallest absolute Gasteiger partial charge is 0.123 e. The maximum atomic E-state index is 13.4. The van der Waals surface area contributed by atoms with Crippen LogP contribution in [0.5, 0.6) is 0 Å². The standard InChI is InChI=1S/C16H14FNO/c1-11-7-14(9-15(17)8-11)16(2,19)13-5-3-12(10-18)4-6-13/h3-9,19H,1-2H3. The third kappa shape index (κ3) is 2.64. The zero-order chi connectivity index (χ0) is 14.0. The summed E-state index contributed by atoms with van der Waals surface area (Å²) in [6.45, 7) is 3.39. The minimum atomic E-state index is -1.29. The first kappa shape index (κ1) is 13.3. The van der Waals surface area contributed by atoms with E-state index in [9.17, 15) is 9.50 Å². The molecule has 2 aromatic carbocycles. The highest BCUT2D eigenvalue weighted by Crippen LogP contribution is 2.30. The van der Waals surface area contributed by atoms with Gasteiger partial charge in [0.05, 0.1) is 11.6 Å². The number of hydrogen-bond acceptors (Lipinski definition) is 2. The van der Waals surface area contributed by atoms with Gasteiger partial charge in [-0.1, -0.05) is 18.2 Å². The van der Waals surface area contributed by atoms with Gasteiger partial charge in [-0.05, 0) is 54.8 Å². The van der Waals surface area contributed by atoms with E-state index in [2.05, 4.69) is 0 Å². The molecule has 0 amide bonds. The third-order valence-corrected chi connectivity index (χ3v) is 3.18. The van der Waals surface area contributed by atoms with Gasteiger partial charge in [0.15, 0.2) is 0 Å². The van der Waals surface area contributed by atoms with Crippen molar-refractivity contribution in [1.82, 2.24) is 0 Å². The fourth-order valence-electron chi connectivity index (χ4n) is 2.05. The highest BCUT2D eigenvalue weighted by molar-refractivity contribution is 5.40. The Bertz CT molecular complexity index is 619. The second-order valence-electron chi connectivity index (χ2n) is 4.78. The summed E-state index contributed by atoms with van der Waals surface area (Å²) >= 11 is 0. The molecule has 0 radical (unpaired) electrons. The van der Waals surface area contributed by atoms with Crippen molar-refractivity contribution in [2.45, 2.75) is 19.4 Å². The van der Waals surface area contributed by atoms with Crippen molar-refractivity contribution in [3.05, 3.63) is 70.5 Å². The van der Waals surface area contributed by atoms with Gasteiger partial charge >= 0.3 is 0 Å². The second kappa shape index (κ2) is 4.83. The van der Waals surface area contributed by atoms with Crippen molar-refractivity contribution in [2.24, 2.45) is 0 Å². The Morgan fingerprint density at radius 3 is 2.26 bits per heavy atom. The van der Waals surface area contributed by atoms with Crippen LogP contribution >= 0.6 is 0 Å². The van der Waals surface area contributed by atoms with Crippen LogP contribution in [-0.4, -0.2) is 5.11 Å². The number of rotatable bonds is 2. The summed E-state index contributed by atoms with van der Waals surface area (Å²) in [6, 6.07) is 13.1. The van der Waals surface area contributed by atoms with Gasteiger partial charge in [-0.2, -0.15) is 5.26 Å². The molecule has 1 atom stereocenters. The van der Waals surface area contributed by atoms with Gasteiger partial charge in [-0.3, -0.25) is 0 Å². The molecule has 0 aliphatic rings. The van der Waals surface area contributed by atoms with E-state index < -0.39 is 5.60 Å². The minimum absolute atomic E-state index is 0.371. The SMILES string of the molecule is Cc1cc(F)cc(C(C)(O)c2ccc(C#N)cc2)c1. The van der Waals surface area contributed by atoms with E-state index in [1.165, 1.54) is 12.1 Å². The zero-order valence-corrected chi connectivity index (χ0v) is 10.8. The van der Waals surface area contributed by atoms with Crippen LogP contribution in [0.25, 0.3) is 0 Å². The van der Waals surface area contributed by atoms with Gasteiger partial charge in [0.2, 0.25) is 0 Å². The summed E-state index contributed by atoms with van der Waals surface area (Å²) < 4.78 is 13.4. The molecule has 19 heavy (non-hydrogen) atoms. The number of halogens is 1. The lowest BCUT2D eigenvalue weighted by atomic mass is 9.87. The molecule has 2 rings (SSSR count). The monoisotopic (exact) mass is 255 g/mol. The lowest BCUT2D eigenvalue weighted by molar-refractivity contribution is 0.102. The second-order valence-corrected chi connectivity index (χ2v) is 4.78. The van der Waals surface area contributed by atoms with E-state index in [4.69, 9.17) is 5.26 Å². The summed E-state index contributed by atoms with van der Waals surface area (Å²) in [5.74, 6) is -0.371.